The molecule has 104 valence electrons. The number of cyclic esters (lactones) is 1. The summed E-state index contributed by atoms with van der Waals surface area (Å²) in [6.07, 6.45) is 0.646. The number of aromatic nitrogens is 4. The van der Waals surface area contributed by atoms with Gasteiger partial charge in [-0.1, -0.05) is 23.9 Å². The van der Waals surface area contributed by atoms with Crippen LogP contribution in [0.2, 0.25) is 0 Å². The van der Waals surface area contributed by atoms with Crippen LogP contribution in [0.1, 0.15) is 18.9 Å². The Labute approximate surface area is 120 Å². The first kappa shape index (κ1) is 13.1. The van der Waals surface area contributed by atoms with Crippen molar-refractivity contribution >= 4 is 17.7 Å². The predicted molar refractivity (Wildman–Crippen MR) is 73.7 cm³/mol. The molecule has 7 heteroatoms. The van der Waals surface area contributed by atoms with Gasteiger partial charge in [0.15, 0.2) is 0 Å². The van der Waals surface area contributed by atoms with Crippen LogP contribution >= 0.6 is 11.8 Å². The summed E-state index contributed by atoms with van der Waals surface area (Å²) in [7, 11) is 0. The number of nitrogens with zero attached hydrogens (tertiary/aromatic N) is 4. The Kier molecular flexibility index (Phi) is 3.43. The first-order valence-electron chi connectivity index (χ1n) is 6.36. The van der Waals surface area contributed by atoms with Gasteiger partial charge in [0.05, 0.1) is 5.69 Å². The van der Waals surface area contributed by atoms with Crippen molar-refractivity contribution < 1.29 is 9.53 Å². The van der Waals surface area contributed by atoms with Gasteiger partial charge in [-0.05, 0) is 42.0 Å². The average Bonchev–Trinajstić information content (AvgIpc) is 2.97. The highest BCUT2D eigenvalue weighted by molar-refractivity contribution is 8.00. The first-order chi connectivity index (χ1) is 9.63. The number of carbonyl (C=O) groups excluding carboxylic acids is 1. The molecule has 2 atom stereocenters. The molecule has 0 unspecified atom stereocenters. The number of carbonyl (C=O) groups is 1. The minimum Gasteiger partial charge on any atom is -0.462 e. The molecule has 0 N–H and O–H groups in total. The number of ether oxygens (including phenoxy) is 1. The third-order valence-corrected chi connectivity index (χ3v) is 4.20. The van der Waals surface area contributed by atoms with E-state index in [1.54, 1.807) is 4.68 Å². The first-order valence-corrected chi connectivity index (χ1v) is 7.24. The molecule has 0 spiro atoms. The topological polar surface area (TPSA) is 69.9 Å². The summed E-state index contributed by atoms with van der Waals surface area (Å²) >= 11 is 1.35. The molecular formula is C13H14N4O2S. The lowest BCUT2D eigenvalue weighted by molar-refractivity contribution is -0.140. The smallest absolute Gasteiger partial charge is 0.319 e. The van der Waals surface area contributed by atoms with Gasteiger partial charge in [-0.3, -0.25) is 4.79 Å². The fraction of sp³-hybridized carbons (Fsp3) is 0.385. The maximum Gasteiger partial charge on any atom is 0.319 e. The summed E-state index contributed by atoms with van der Waals surface area (Å²) in [5.74, 6) is -0.193. The Bertz CT molecular complexity index is 643. The molecule has 2 heterocycles. The molecule has 0 radical (unpaired) electrons. The SMILES string of the molecule is Cc1cccc(-n2nnnc2S[C@H]2C[C@@H](C)OC2=O)c1. The monoisotopic (exact) mass is 290 g/mol. The Morgan fingerprint density at radius 3 is 3.00 bits per heavy atom. The van der Waals surface area contributed by atoms with Crippen LogP contribution in [-0.4, -0.2) is 37.5 Å². The summed E-state index contributed by atoms with van der Waals surface area (Å²) < 4.78 is 6.80. The van der Waals surface area contributed by atoms with Crippen LogP contribution in [0.3, 0.4) is 0 Å². The zero-order valence-corrected chi connectivity index (χ0v) is 12.0. The number of hydrogen-bond donors (Lipinski definition) is 0. The number of hydrogen-bond acceptors (Lipinski definition) is 6. The largest absolute Gasteiger partial charge is 0.462 e. The van der Waals surface area contributed by atoms with Crippen molar-refractivity contribution in [1.29, 1.82) is 0 Å². The highest BCUT2D eigenvalue weighted by atomic mass is 32.2. The number of rotatable bonds is 3. The predicted octanol–water partition coefficient (Wildman–Crippen LogP) is 1.77. The molecule has 0 aliphatic carbocycles. The van der Waals surface area contributed by atoms with Gasteiger partial charge in [0.1, 0.15) is 11.4 Å². The summed E-state index contributed by atoms with van der Waals surface area (Å²) in [5.41, 5.74) is 2.01. The average molecular weight is 290 g/mol. The fourth-order valence-electron chi connectivity index (χ4n) is 2.12. The van der Waals surface area contributed by atoms with Crippen molar-refractivity contribution in [2.75, 3.05) is 0 Å². The van der Waals surface area contributed by atoms with Crippen LogP contribution in [0, 0.1) is 6.92 Å². The van der Waals surface area contributed by atoms with Crippen molar-refractivity contribution in [3.8, 4) is 5.69 Å². The second-order valence-electron chi connectivity index (χ2n) is 4.80. The molecule has 1 fully saturated rings. The number of tetrazole rings is 1. The summed E-state index contributed by atoms with van der Waals surface area (Å²) in [4.78, 5) is 11.7. The number of esters is 1. The lowest BCUT2D eigenvalue weighted by atomic mass is 10.2. The van der Waals surface area contributed by atoms with Crippen LogP contribution in [0.15, 0.2) is 29.4 Å². The van der Waals surface area contributed by atoms with E-state index in [1.165, 1.54) is 11.8 Å². The molecule has 1 aliphatic heterocycles. The van der Waals surface area contributed by atoms with E-state index in [9.17, 15) is 4.79 Å². The lowest BCUT2D eigenvalue weighted by Crippen LogP contribution is -2.11. The third-order valence-electron chi connectivity index (χ3n) is 3.06. The van der Waals surface area contributed by atoms with Gasteiger partial charge in [0.25, 0.3) is 0 Å². The zero-order valence-electron chi connectivity index (χ0n) is 11.2. The second-order valence-corrected chi connectivity index (χ2v) is 5.97. The number of benzene rings is 1. The molecule has 0 bridgehead atoms. The van der Waals surface area contributed by atoms with E-state index in [4.69, 9.17) is 4.74 Å². The van der Waals surface area contributed by atoms with Gasteiger partial charge in [-0.15, -0.1) is 5.10 Å². The normalized spacial score (nSPS) is 22.0. The van der Waals surface area contributed by atoms with E-state index in [-0.39, 0.29) is 17.3 Å². The van der Waals surface area contributed by atoms with Crippen LogP contribution < -0.4 is 0 Å². The Hall–Kier alpha value is -1.89. The minimum absolute atomic E-state index is 0.0386. The molecule has 3 rings (SSSR count). The fourth-order valence-corrected chi connectivity index (χ4v) is 3.22. The molecular weight excluding hydrogens is 276 g/mol. The maximum atomic E-state index is 11.7. The Morgan fingerprint density at radius 2 is 2.30 bits per heavy atom. The van der Waals surface area contributed by atoms with Crippen molar-refractivity contribution in [3.63, 3.8) is 0 Å². The van der Waals surface area contributed by atoms with Crippen molar-refractivity contribution in [3.05, 3.63) is 29.8 Å². The van der Waals surface area contributed by atoms with E-state index >= 15 is 0 Å². The Morgan fingerprint density at radius 1 is 1.45 bits per heavy atom. The Balaban J connectivity index is 1.86. The molecule has 1 aliphatic rings. The van der Waals surface area contributed by atoms with E-state index < -0.39 is 0 Å². The highest BCUT2D eigenvalue weighted by Crippen LogP contribution is 2.31. The van der Waals surface area contributed by atoms with Gasteiger partial charge < -0.3 is 4.74 Å². The van der Waals surface area contributed by atoms with E-state index in [1.807, 2.05) is 38.1 Å². The van der Waals surface area contributed by atoms with Crippen molar-refractivity contribution in [2.24, 2.45) is 0 Å². The van der Waals surface area contributed by atoms with Crippen LogP contribution in [0.25, 0.3) is 5.69 Å². The van der Waals surface area contributed by atoms with E-state index in [0.717, 1.165) is 11.3 Å². The molecule has 6 nitrogen and oxygen atoms in total. The van der Waals surface area contributed by atoms with E-state index in [0.29, 0.717) is 11.6 Å². The maximum absolute atomic E-state index is 11.7. The minimum atomic E-state index is -0.237. The van der Waals surface area contributed by atoms with Gasteiger partial charge >= 0.3 is 5.97 Å². The van der Waals surface area contributed by atoms with Gasteiger partial charge in [0, 0.05) is 6.42 Å². The molecule has 1 aromatic carbocycles. The molecule has 1 saturated heterocycles. The van der Waals surface area contributed by atoms with Gasteiger partial charge in [-0.2, -0.15) is 4.68 Å². The lowest BCUT2D eigenvalue weighted by Gasteiger charge is -2.06. The van der Waals surface area contributed by atoms with Gasteiger partial charge in [0.2, 0.25) is 5.16 Å². The standard InChI is InChI=1S/C13H14N4O2S/c1-8-4-3-5-10(6-8)17-13(14-15-16-17)20-11-7-9(2)19-12(11)18/h3-6,9,11H,7H2,1-2H3/t9-,11+/m1/s1. The summed E-state index contributed by atoms with van der Waals surface area (Å²) in [5, 5.41) is 12.1. The quantitative estimate of drug-likeness (QED) is 0.802. The van der Waals surface area contributed by atoms with Gasteiger partial charge in [-0.25, -0.2) is 0 Å². The van der Waals surface area contributed by atoms with Crippen molar-refractivity contribution in [1.82, 2.24) is 20.2 Å². The molecule has 20 heavy (non-hydrogen) atoms. The summed E-state index contributed by atoms with van der Waals surface area (Å²) in [6.45, 7) is 3.90. The number of aryl methyl sites for hydroxylation is 1. The van der Waals surface area contributed by atoms with Crippen LogP contribution in [-0.2, 0) is 9.53 Å². The highest BCUT2D eigenvalue weighted by Gasteiger charge is 2.34. The molecule has 0 amide bonds. The number of thioether (sulfide) groups is 1. The molecule has 0 saturated carbocycles. The van der Waals surface area contributed by atoms with Crippen LogP contribution in [0.5, 0.6) is 0 Å². The molecule has 2 aromatic rings. The summed E-state index contributed by atoms with van der Waals surface area (Å²) in [6, 6.07) is 7.89. The molecule has 1 aromatic heterocycles. The zero-order chi connectivity index (χ0) is 14.1. The van der Waals surface area contributed by atoms with Crippen LogP contribution in [0.4, 0.5) is 0 Å². The van der Waals surface area contributed by atoms with Crippen molar-refractivity contribution in [2.45, 2.75) is 36.8 Å². The third kappa shape index (κ3) is 2.53. The second kappa shape index (κ2) is 5.24. The van der Waals surface area contributed by atoms with E-state index in [2.05, 4.69) is 15.5 Å².